The molecule has 1 atom stereocenters. The van der Waals surface area contributed by atoms with Gasteiger partial charge in [-0.1, -0.05) is 133 Å². The average molecular weight is 448 g/mol. The summed E-state index contributed by atoms with van der Waals surface area (Å²) in [6.07, 6.45) is 2.46. The first kappa shape index (κ1) is 28.6. The van der Waals surface area contributed by atoms with E-state index in [0.717, 1.165) is 19.7 Å². The van der Waals surface area contributed by atoms with Crippen molar-refractivity contribution in [2.75, 3.05) is 13.2 Å². The largest absolute Gasteiger partial charge is 0.367 e. The molecular weight excluding hydrogens is 402 g/mol. The van der Waals surface area contributed by atoms with Gasteiger partial charge in [0.2, 0.25) is 0 Å². The van der Waals surface area contributed by atoms with Crippen molar-refractivity contribution in [3.8, 4) is 0 Å². The Balaban J connectivity index is 0.000000841. The number of likely N-dealkylation sites (tertiary alicyclic amines) is 1. The van der Waals surface area contributed by atoms with Gasteiger partial charge in [0.05, 0.1) is 6.61 Å². The molecular formula is C31H45NO. The van der Waals surface area contributed by atoms with Crippen LogP contribution >= 0.6 is 0 Å². The number of nitrogens with zero attached hydrogens (tertiary/aromatic N) is 1. The minimum Gasteiger partial charge on any atom is -0.367 e. The van der Waals surface area contributed by atoms with Crippen molar-refractivity contribution in [2.24, 2.45) is 0 Å². The van der Waals surface area contributed by atoms with Gasteiger partial charge in [-0.25, -0.2) is 0 Å². The van der Waals surface area contributed by atoms with Crippen molar-refractivity contribution < 1.29 is 4.74 Å². The predicted molar refractivity (Wildman–Crippen MR) is 145 cm³/mol. The van der Waals surface area contributed by atoms with Gasteiger partial charge >= 0.3 is 0 Å². The Morgan fingerprint density at radius 1 is 0.697 bits per heavy atom. The molecule has 4 rings (SSSR count). The molecule has 0 spiro atoms. The summed E-state index contributed by atoms with van der Waals surface area (Å²) in [4.78, 5) is 2.57. The van der Waals surface area contributed by atoms with E-state index >= 15 is 0 Å². The zero-order chi connectivity index (χ0) is 24.3. The second-order valence-corrected chi connectivity index (χ2v) is 7.29. The van der Waals surface area contributed by atoms with Crippen LogP contribution in [0, 0.1) is 0 Å². The summed E-state index contributed by atoms with van der Waals surface area (Å²) in [6, 6.07) is 32.4. The Kier molecular flexibility index (Phi) is 15.7. The molecule has 2 nitrogen and oxygen atoms in total. The van der Waals surface area contributed by atoms with Crippen LogP contribution in [0.15, 0.2) is 91.0 Å². The monoisotopic (exact) mass is 447 g/mol. The Morgan fingerprint density at radius 2 is 1.15 bits per heavy atom. The lowest BCUT2D eigenvalue weighted by Gasteiger charge is -2.27. The van der Waals surface area contributed by atoms with E-state index in [2.05, 4.69) is 95.9 Å². The average Bonchev–Trinajstić information content (AvgIpc) is 3.36. The SMILES string of the molecule is CC.CC.CC.c1ccc(CN2CCCC2COC(c2ccccc2)c2ccccc2)cc1. The van der Waals surface area contributed by atoms with Gasteiger partial charge in [0.25, 0.3) is 0 Å². The lowest BCUT2D eigenvalue weighted by molar-refractivity contribution is 0.0360. The van der Waals surface area contributed by atoms with E-state index in [1.807, 2.05) is 41.5 Å². The second-order valence-electron chi connectivity index (χ2n) is 7.29. The molecule has 1 heterocycles. The van der Waals surface area contributed by atoms with Crippen LogP contribution in [0.25, 0.3) is 0 Å². The quantitative estimate of drug-likeness (QED) is 0.360. The summed E-state index contributed by atoms with van der Waals surface area (Å²) in [6.45, 7) is 14.9. The molecule has 3 aromatic rings. The molecule has 1 aliphatic rings. The zero-order valence-corrected chi connectivity index (χ0v) is 21.7. The predicted octanol–water partition coefficient (Wildman–Crippen LogP) is 8.54. The van der Waals surface area contributed by atoms with Crippen LogP contribution in [0.5, 0.6) is 0 Å². The van der Waals surface area contributed by atoms with Gasteiger partial charge in [0.15, 0.2) is 0 Å². The summed E-state index contributed by atoms with van der Waals surface area (Å²) < 4.78 is 6.52. The Labute approximate surface area is 203 Å². The van der Waals surface area contributed by atoms with E-state index in [1.54, 1.807) is 0 Å². The Bertz CT molecular complexity index is 765. The van der Waals surface area contributed by atoms with Crippen molar-refractivity contribution in [1.29, 1.82) is 0 Å². The number of benzene rings is 3. The molecule has 0 bridgehead atoms. The van der Waals surface area contributed by atoms with Crippen molar-refractivity contribution >= 4 is 0 Å². The van der Waals surface area contributed by atoms with Gasteiger partial charge in [0, 0.05) is 12.6 Å². The number of ether oxygens (including phenoxy) is 1. The third kappa shape index (κ3) is 9.53. The van der Waals surface area contributed by atoms with Crippen molar-refractivity contribution in [3.63, 3.8) is 0 Å². The maximum Gasteiger partial charge on any atom is 0.108 e. The van der Waals surface area contributed by atoms with Gasteiger partial charge in [-0.05, 0) is 36.1 Å². The summed E-state index contributed by atoms with van der Waals surface area (Å²) in [7, 11) is 0. The Morgan fingerprint density at radius 3 is 1.64 bits per heavy atom. The third-order valence-electron chi connectivity index (χ3n) is 5.39. The fourth-order valence-corrected chi connectivity index (χ4v) is 3.96. The first-order valence-electron chi connectivity index (χ1n) is 12.9. The van der Waals surface area contributed by atoms with Crippen LogP contribution in [-0.2, 0) is 11.3 Å². The molecule has 0 amide bonds. The molecule has 0 aromatic heterocycles. The molecule has 1 unspecified atom stereocenters. The highest BCUT2D eigenvalue weighted by atomic mass is 16.5. The first-order valence-corrected chi connectivity index (χ1v) is 12.9. The summed E-state index contributed by atoms with van der Waals surface area (Å²) in [5.74, 6) is 0. The normalized spacial score (nSPS) is 14.8. The molecule has 180 valence electrons. The number of hydrogen-bond acceptors (Lipinski definition) is 2. The highest BCUT2D eigenvalue weighted by Gasteiger charge is 2.26. The molecule has 3 aromatic carbocycles. The lowest BCUT2D eigenvalue weighted by atomic mass is 10.0. The van der Waals surface area contributed by atoms with Crippen molar-refractivity contribution in [1.82, 2.24) is 4.90 Å². The minimum absolute atomic E-state index is 0.00780. The minimum atomic E-state index is -0.00780. The van der Waals surface area contributed by atoms with Gasteiger partial charge < -0.3 is 4.74 Å². The molecule has 0 radical (unpaired) electrons. The second kappa shape index (κ2) is 18.1. The molecule has 1 saturated heterocycles. The third-order valence-corrected chi connectivity index (χ3v) is 5.39. The van der Waals surface area contributed by atoms with E-state index in [4.69, 9.17) is 4.74 Å². The van der Waals surface area contributed by atoms with E-state index in [9.17, 15) is 0 Å². The van der Waals surface area contributed by atoms with Crippen LogP contribution in [0.1, 0.15) is 77.2 Å². The molecule has 0 N–H and O–H groups in total. The molecule has 0 saturated carbocycles. The number of rotatable bonds is 7. The molecule has 0 aliphatic carbocycles. The van der Waals surface area contributed by atoms with Crippen LogP contribution in [0.3, 0.4) is 0 Å². The highest BCUT2D eigenvalue weighted by Crippen LogP contribution is 2.28. The fourth-order valence-electron chi connectivity index (χ4n) is 3.96. The lowest BCUT2D eigenvalue weighted by Crippen LogP contribution is -2.33. The van der Waals surface area contributed by atoms with Crippen LogP contribution in [-0.4, -0.2) is 24.1 Å². The van der Waals surface area contributed by atoms with Crippen LogP contribution in [0.2, 0.25) is 0 Å². The van der Waals surface area contributed by atoms with E-state index in [1.165, 1.54) is 29.5 Å². The summed E-state index contributed by atoms with van der Waals surface area (Å²) in [5.41, 5.74) is 3.82. The molecule has 1 aliphatic heterocycles. The standard InChI is InChI=1S/C25H27NO.3C2H6/c1-4-11-21(12-5-1)19-26-18-10-17-24(26)20-27-25(22-13-6-2-7-14-22)23-15-8-3-9-16-23;3*1-2/h1-9,11-16,24-25H,10,17-20H2;3*1-2H3. The van der Waals surface area contributed by atoms with Crippen LogP contribution < -0.4 is 0 Å². The van der Waals surface area contributed by atoms with Gasteiger partial charge in [-0.2, -0.15) is 0 Å². The smallest absolute Gasteiger partial charge is 0.108 e. The zero-order valence-electron chi connectivity index (χ0n) is 21.7. The fraction of sp³-hybridized carbons (Fsp3) is 0.419. The Hall–Kier alpha value is -2.42. The first-order chi connectivity index (χ1) is 16.4. The molecule has 33 heavy (non-hydrogen) atoms. The van der Waals surface area contributed by atoms with Gasteiger partial charge in [0.1, 0.15) is 6.10 Å². The van der Waals surface area contributed by atoms with E-state index < -0.39 is 0 Å². The molecule has 1 fully saturated rings. The van der Waals surface area contributed by atoms with Crippen LogP contribution in [0.4, 0.5) is 0 Å². The topological polar surface area (TPSA) is 12.5 Å². The van der Waals surface area contributed by atoms with Gasteiger partial charge in [-0.3, -0.25) is 4.90 Å². The summed E-state index contributed by atoms with van der Waals surface area (Å²) in [5, 5.41) is 0. The van der Waals surface area contributed by atoms with E-state index in [-0.39, 0.29) is 6.10 Å². The van der Waals surface area contributed by atoms with Gasteiger partial charge in [-0.15, -0.1) is 0 Å². The maximum atomic E-state index is 6.52. The molecule has 2 heteroatoms. The summed E-state index contributed by atoms with van der Waals surface area (Å²) >= 11 is 0. The maximum absolute atomic E-state index is 6.52. The van der Waals surface area contributed by atoms with Crippen molar-refractivity contribution in [3.05, 3.63) is 108 Å². The van der Waals surface area contributed by atoms with E-state index in [0.29, 0.717) is 6.04 Å². The number of hydrogen-bond donors (Lipinski definition) is 0. The highest BCUT2D eigenvalue weighted by molar-refractivity contribution is 5.30. The van der Waals surface area contributed by atoms with Crippen molar-refractivity contribution in [2.45, 2.75) is 73.1 Å².